The molecule has 0 aliphatic carbocycles. The summed E-state index contributed by atoms with van der Waals surface area (Å²) in [5.41, 5.74) is 5.73. The molecular formula is C13H15N5O2S. The summed E-state index contributed by atoms with van der Waals surface area (Å²) >= 11 is 0. The molecular weight excluding hydrogens is 290 g/mol. The molecule has 2 heterocycles. The van der Waals surface area contributed by atoms with E-state index in [0.717, 1.165) is 0 Å². The molecule has 0 aromatic carbocycles. The van der Waals surface area contributed by atoms with Crippen molar-refractivity contribution >= 4 is 15.8 Å². The summed E-state index contributed by atoms with van der Waals surface area (Å²) in [6, 6.07) is 4.88. The van der Waals surface area contributed by atoms with E-state index in [0.29, 0.717) is 12.2 Å². The predicted molar refractivity (Wildman–Crippen MR) is 78.9 cm³/mol. The van der Waals surface area contributed by atoms with Gasteiger partial charge in [0.05, 0.1) is 12.9 Å². The summed E-state index contributed by atoms with van der Waals surface area (Å²) in [5, 5.41) is -0.0513. The summed E-state index contributed by atoms with van der Waals surface area (Å²) in [7, 11) is -3.76. The Kier molecular flexibility index (Phi) is 4.57. The standard InChI is InChI=1S/C13H15N5O2S/c1-2-18-9-13(15-10-18)21(19,20)17-12-7-3-5-11(16-12)6-4-8-14/h3,5,7,9-10H,2,8,14H2,1H3,(H,16,17). The molecule has 0 saturated heterocycles. The lowest BCUT2D eigenvalue weighted by Crippen LogP contribution is -2.14. The van der Waals surface area contributed by atoms with Gasteiger partial charge in [-0.15, -0.1) is 0 Å². The number of sulfonamides is 1. The third-order valence-corrected chi connectivity index (χ3v) is 3.80. The van der Waals surface area contributed by atoms with Crippen LogP contribution in [0.1, 0.15) is 12.6 Å². The van der Waals surface area contributed by atoms with Crippen LogP contribution < -0.4 is 10.5 Å². The molecule has 0 unspecified atom stereocenters. The van der Waals surface area contributed by atoms with Crippen molar-refractivity contribution < 1.29 is 8.42 Å². The Morgan fingerprint density at radius 1 is 1.43 bits per heavy atom. The molecule has 8 heteroatoms. The van der Waals surface area contributed by atoms with Crippen LogP contribution in [-0.2, 0) is 16.6 Å². The van der Waals surface area contributed by atoms with Crippen LogP contribution in [0.25, 0.3) is 0 Å². The maximum Gasteiger partial charge on any atom is 0.282 e. The molecule has 110 valence electrons. The molecule has 21 heavy (non-hydrogen) atoms. The van der Waals surface area contributed by atoms with Gasteiger partial charge in [0.1, 0.15) is 11.5 Å². The minimum absolute atomic E-state index is 0.0513. The number of aromatic nitrogens is 3. The lowest BCUT2D eigenvalue weighted by atomic mass is 10.3. The van der Waals surface area contributed by atoms with Gasteiger partial charge in [-0.25, -0.2) is 9.97 Å². The maximum absolute atomic E-state index is 12.2. The first kappa shape index (κ1) is 15.0. The van der Waals surface area contributed by atoms with E-state index in [2.05, 4.69) is 26.5 Å². The first-order chi connectivity index (χ1) is 10.0. The predicted octanol–water partition coefficient (Wildman–Crippen LogP) is 0.409. The van der Waals surface area contributed by atoms with Gasteiger partial charge in [0.2, 0.25) is 0 Å². The zero-order valence-corrected chi connectivity index (χ0v) is 12.3. The van der Waals surface area contributed by atoms with Crippen LogP contribution >= 0.6 is 0 Å². The van der Waals surface area contributed by atoms with E-state index in [9.17, 15) is 8.42 Å². The van der Waals surface area contributed by atoms with Gasteiger partial charge in [0, 0.05) is 12.7 Å². The second-order valence-electron chi connectivity index (χ2n) is 4.06. The van der Waals surface area contributed by atoms with Crippen LogP contribution in [0.2, 0.25) is 0 Å². The van der Waals surface area contributed by atoms with Gasteiger partial charge < -0.3 is 10.3 Å². The van der Waals surface area contributed by atoms with Gasteiger partial charge >= 0.3 is 0 Å². The van der Waals surface area contributed by atoms with Gasteiger partial charge in [0.25, 0.3) is 10.0 Å². The summed E-state index contributed by atoms with van der Waals surface area (Å²) in [6.07, 6.45) is 2.92. The first-order valence-corrected chi connectivity index (χ1v) is 7.74. The van der Waals surface area contributed by atoms with Crippen molar-refractivity contribution in [2.45, 2.75) is 18.5 Å². The van der Waals surface area contributed by atoms with E-state index in [1.54, 1.807) is 22.8 Å². The van der Waals surface area contributed by atoms with Crippen molar-refractivity contribution in [1.29, 1.82) is 0 Å². The lowest BCUT2D eigenvalue weighted by Gasteiger charge is -2.04. The molecule has 0 spiro atoms. The maximum atomic E-state index is 12.2. The van der Waals surface area contributed by atoms with E-state index < -0.39 is 10.0 Å². The molecule has 0 atom stereocenters. The van der Waals surface area contributed by atoms with E-state index in [-0.39, 0.29) is 17.4 Å². The number of nitrogens with one attached hydrogen (secondary N) is 1. The Labute approximate surface area is 123 Å². The third kappa shape index (κ3) is 3.81. The lowest BCUT2D eigenvalue weighted by molar-refractivity contribution is 0.598. The normalized spacial score (nSPS) is 10.8. The third-order valence-electron chi connectivity index (χ3n) is 2.56. The van der Waals surface area contributed by atoms with Crippen LogP contribution in [0.5, 0.6) is 0 Å². The van der Waals surface area contributed by atoms with E-state index in [4.69, 9.17) is 5.73 Å². The fraction of sp³-hybridized carbons (Fsp3) is 0.231. The quantitative estimate of drug-likeness (QED) is 0.796. The van der Waals surface area contributed by atoms with Crippen molar-refractivity contribution in [3.63, 3.8) is 0 Å². The zero-order valence-electron chi connectivity index (χ0n) is 11.4. The molecule has 2 aromatic rings. The number of pyridine rings is 1. The van der Waals surface area contributed by atoms with E-state index >= 15 is 0 Å². The number of nitrogens with two attached hydrogens (primary N) is 1. The van der Waals surface area contributed by atoms with Gasteiger partial charge in [-0.2, -0.15) is 8.42 Å². The number of aryl methyl sites for hydroxylation is 1. The topological polar surface area (TPSA) is 103 Å². The molecule has 0 radical (unpaired) electrons. The molecule has 0 aliphatic rings. The highest BCUT2D eigenvalue weighted by atomic mass is 32.2. The summed E-state index contributed by atoms with van der Waals surface area (Å²) < 4.78 is 28.4. The van der Waals surface area contributed by atoms with Crippen molar-refractivity contribution in [3.8, 4) is 11.8 Å². The second kappa shape index (κ2) is 6.39. The SMILES string of the molecule is CCn1cnc(S(=O)(=O)Nc2cccc(C#CCN)n2)c1. The molecule has 0 amide bonds. The number of rotatable bonds is 4. The van der Waals surface area contributed by atoms with Crippen molar-refractivity contribution in [2.75, 3.05) is 11.3 Å². The van der Waals surface area contributed by atoms with E-state index in [1.807, 2.05) is 6.92 Å². The molecule has 0 fully saturated rings. The fourth-order valence-electron chi connectivity index (χ4n) is 1.54. The molecule has 0 bridgehead atoms. The Hall–Kier alpha value is -2.37. The Bertz CT molecular complexity index is 786. The molecule has 2 rings (SSSR count). The Morgan fingerprint density at radius 2 is 2.24 bits per heavy atom. The van der Waals surface area contributed by atoms with Crippen LogP contribution in [0.4, 0.5) is 5.82 Å². The van der Waals surface area contributed by atoms with Crippen LogP contribution in [0.3, 0.4) is 0 Å². The van der Waals surface area contributed by atoms with Gasteiger partial charge in [-0.3, -0.25) is 4.72 Å². The summed E-state index contributed by atoms with van der Waals surface area (Å²) in [6.45, 7) is 2.75. The molecule has 0 saturated carbocycles. The number of nitrogens with zero attached hydrogens (tertiary/aromatic N) is 3. The number of hydrogen-bond donors (Lipinski definition) is 2. The largest absolute Gasteiger partial charge is 0.336 e. The number of anilines is 1. The highest BCUT2D eigenvalue weighted by Crippen LogP contribution is 2.12. The van der Waals surface area contributed by atoms with Crippen LogP contribution in [0, 0.1) is 11.8 Å². The van der Waals surface area contributed by atoms with Crippen molar-refractivity contribution in [2.24, 2.45) is 5.73 Å². The molecule has 0 aliphatic heterocycles. The smallest absolute Gasteiger partial charge is 0.282 e. The summed E-state index contributed by atoms with van der Waals surface area (Å²) in [4.78, 5) is 7.96. The van der Waals surface area contributed by atoms with Crippen molar-refractivity contribution in [1.82, 2.24) is 14.5 Å². The number of imidazole rings is 1. The number of hydrogen-bond acceptors (Lipinski definition) is 5. The van der Waals surface area contributed by atoms with E-state index in [1.165, 1.54) is 12.5 Å². The van der Waals surface area contributed by atoms with Crippen LogP contribution in [0.15, 0.2) is 35.7 Å². The average Bonchev–Trinajstić information content (AvgIpc) is 2.95. The van der Waals surface area contributed by atoms with Gasteiger partial charge in [0.15, 0.2) is 5.03 Å². The minimum Gasteiger partial charge on any atom is -0.336 e. The summed E-state index contributed by atoms with van der Waals surface area (Å²) in [5.74, 6) is 5.59. The van der Waals surface area contributed by atoms with Crippen LogP contribution in [-0.4, -0.2) is 29.5 Å². The monoisotopic (exact) mass is 305 g/mol. The fourth-order valence-corrected chi connectivity index (χ4v) is 2.50. The highest BCUT2D eigenvalue weighted by Gasteiger charge is 2.17. The minimum atomic E-state index is -3.76. The van der Waals surface area contributed by atoms with Gasteiger partial charge in [-0.05, 0) is 25.0 Å². The Balaban J connectivity index is 2.24. The molecule has 3 N–H and O–H groups in total. The van der Waals surface area contributed by atoms with Gasteiger partial charge in [-0.1, -0.05) is 12.0 Å². The second-order valence-corrected chi connectivity index (χ2v) is 5.69. The highest BCUT2D eigenvalue weighted by molar-refractivity contribution is 7.92. The molecule has 2 aromatic heterocycles. The van der Waals surface area contributed by atoms with Crippen molar-refractivity contribution in [3.05, 3.63) is 36.4 Å². The first-order valence-electron chi connectivity index (χ1n) is 6.25. The average molecular weight is 305 g/mol. The molecule has 7 nitrogen and oxygen atoms in total. The zero-order chi connectivity index (χ0) is 15.3. The Morgan fingerprint density at radius 3 is 2.90 bits per heavy atom.